The van der Waals surface area contributed by atoms with Gasteiger partial charge in [-0.2, -0.15) is 0 Å². The summed E-state index contributed by atoms with van der Waals surface area (Å²) in [6.07, 6.45) is 39.9. The Morgan fingerprint density at radius 2 is 0.789 bits per heavy atom. The highest BCUT2D eigenvalue weighted by atomic mass is 35.5. The van der Waals surface area contributed by atoms with Gasteiger partial charge in [0.15, 0.2) is 0 Å². The lowest BCUT2D eigenvalue weighted by Crippen LogP contribution is -2.26. The minimum Gasteiger partial charge on any atom is -0.247 e. The van der Waals surface area contributed by atoms with Crippen molar-refractivity contribution in [2.45, 2.75) is 194 Å². The molecule has 0 amide bonds. The fourth-order valence-corrected chi connectivity index (χ4v) is 6.37. The molecule has 226 valence electrons. The first-order valence-electron chi connectivity index (χ1n) is 17.8. The summed E-state index contributed by atoms with van der Waals surface area (Å²) in [6.45, 7) is 9.19. The Balaban J connectivity index is 1.86. The minimum atomic E-state index is 1.04. The van der Waals surface area contributed by atoms with Crippen LogP contribution in [0.2, 0.25) is 0 Å². The molecule has 1 aliphatic heterocycles. The summed E-state index contributed by atoms with van der Waals surface area (Å²) in [5.41, 5.74) is 0. The first-order valence-corrected chi connectivity index (χ1v) is 18.2. The molecule has 0 spiro atoms. The summed E-state index contributed by atoms with van der Waals surface area (Å²) >= 11 is 6.73. The number of rotatable bonds is 30. The summed E-state index contributed by atoms with van der Waals surface area (Å²) in [6, 6.07) is 0. The highest BCUT2D eigenvalue weighted by molar-refractivity contribution is 6.63. The zero-order chi connectivity index (χ0) is 27.4. The molecule has 0 bridgehead atoms. The van der Waals surface area contributed by atoms with Crippen molar-refractivity contribution in [1.29, 1.82) is 0 Å². The van der Waals surface area contributed by atoms with Crippen molar-refractivity contribution >= 4 is 16.9 Å². The molecule has 0 saturated carbocycles. The van der Waals surface area contributed by atoms with Gasteiger partial charge in [0.2, 0.25) is 0 Å². The van der Waals surface area contributed by atoms with Gasteiger partial charge in [-0.05, 0) is 25.7 Å². The molecule has 1 rings (SSSR count). The molecule has 0 aromatic heterocycles. The summed E-state index contributed by atoms with van der Waals surface area (Å²) in [5.74, 6) is 0. The molecule has 3 heteroatoms. The van der Waals surface area contributed by atoms with Crippen LogP contribution in [0, 0.1) is 0 Å². The molecule has 1 aliphatic rings. The van der Waals surface area contributed by atoms with Gasteiger partial charge in [0.05, 0.1) is 13.1 Å². The molecule has 2 nitrogen and oxygen atoms in total. The summed E-state index contributed by atoms with van der Waals surface area (Å²) in [7, 11) is 0. The van der Waals surface area contributed by atoms with Gasteiger partial charge >= 0.3 is 5.29 Å². The summed E-state index contributed by atoms with van der Waals surface area (Å²) in [5, 5.41) is 1.04. The quantitative estimate of drug-likeness (QED) is 0.0486. The second-order valence-corrected chi connectivity index (χ2v) is 12.8. The van der Waals surface area contributed by atoms with E-state index in [-0.39, 0.29) is 0 Å². The number of hydrogen-bond donors (Lipinski definition) is 0. The van der Waals surface area contributed by atoms with Crippen molar-refractivity contribution in [2.75, 3.05) is 26.2 Å². The second-order valence-electron chi connectivity index (χ2n) is 12.4. The van der Waals surface area contributed by atoms with Gasteiger partial charge in [0, 0.05) is 11.6 Å². The van der Waals surface area contributed by atoms with Crippen LogP contribution in [-0.4, -0.2) is 40.9 Å². The average Bonchev–Trinajstić information content (AvgIpc) is 3.27. The van der Waals surface area contributed by atoms with Gasteiger partial charge in [-0.1, -0.05) is 168 Å². The number of nitrogens with zero attached hydrogens (tertiary/aromatic N) is 2. The van der Waals surface area contributed by atoms with E-state index >= 15 is 0 Å². The molecule has 0 N–H and O–H groups in total. The molecule has 0 radical (unpaired) electrons. The summed E-state index contributed by atoms with van der Waals surface area (Å²) < 4.78 is 2.44. The Morgan fingerprint density at radius 3 is 1.16 bits per heavy atom. The van der Waals surface area contributed by atoms with Gasteiger partial charge < -0.3 is 0 Å². The van der Waals surface area contributed by atoms with E-state index in [0.717, 1.165) is 31.5 Å². The maximum absolute atomic E-state index is 6.73. The van der Waals surface area contributed by atoms with E-state index in [9.17, 15) is 0 Å². The predicted octanol–water partition coefficient (Wildman–Crippen LogP) is 11.9. The van der Waals surface area contributed by atoms with Crippen LogP contribution < -0.4 is 0 Å². The van der Waals surface area contributed by atoms with Crippen molar-refractivity contribution in [2.24, 2.45) is 0 Å². The van der Waals surface area contributed by atoms with E-state index in [0.29, 0.717) is 0 Å². The molecular formula is C35H70ClN2+. The third-order valence-electron chi connectivity index (χ3n) is 8.72. The van der Waals surface area contributed by atoms with Gasteiger partial charge in [-0.25, -0.2) is 9.48 Å². The standard InChI is InChI=1S/C35H70ClN2/c1-3-5-7-9-11-13-15-17-19-21-23-25-27-29-31-37-33-34-38(35(37)36)32-30-28-26-24-22-20-18-16-14-12-10-8-6-4-2/h3-34H2,1-2H3/q+1. The lowest BCUT2D eigenvalue weighted by molar-refractivity contribution is -0.516. The van der Waals surface area contributed by atoms with E-state index in [1.54, 1.807) is 0 Å². The molecular weight excluding hydrogens is 484 g/mol. The number of hydrogen-bond acceptors (Lipinski definition) is 1. The predicted molar refractivity (Wildman–Crippen MR) is 173 cm³/mol. The minimum absolute atomic E-state index is 1.04. The third-order valence-corrected chi connectivity index (χ3v) is 9.20. The highest BCUT2D eigenvalue weighted by Gasteiger charge is 2.27. The SMILES string of the molecule is CCCCCCCCCCCCCCCCN1CC[N+](CCCCCCCCCCCCCCCC)=C1Cl. The van der Waals surface area contributed by atoms with E-state index in [1.807, 2.05) is 0 Å². The molecule has 0 aromatic carbocycles. The molecule has 0 aliphatic carbocycles. The highest BCUT2D eigenvalue weighted by Crippen LogP contribution is 2.16. The Morgan fingerprint density at radius 1 is 0.474 bits per heavy atom. The first-order chi connectivity index (χ1) is 18.8. The van der Waals surface area contributed by atoms with E-state index in [1.165, 1.54) is 180 Å². The number of amidine groups is 1. The maximum Gasteiger partial charge on any atom is 0.345 e. The topological polar surface area (TPSA) is 6.25 Å². The Bertz CT molecular complexity index is 518. The van der Waals surface area contributed by atoms with Crippen molar-refractivity contribution < 1.29 is 4.58 Å². The molecule has 1 heterocycles. The van der Waals surface area contributed by atoms with Crippen molar-refractivity contribution in [3.8, 4) is 0 Å². The van der Waals surface area contributed by atoms with Crippen LogP contribution in [0.25, 0.3) is 0 Å². The smallest absolute Gasteiger partial charge is 0.247 e. The molecule has 0 atom stereocenters. The molecule has 0 aromatic rings. The van der Waals surface area contributed by atoms with Gasteiger partial charge in [0.1, 0.15) is 13.1 Å². The van der Waals surface area contributed by atoms with Crippen molar-refractivity contribution in [3.63, 3.8) is 0 Å². The molecule has 38 heavy (non-hydrogen) atoms. The second kappa shape index (κ2) is 28.3. The van der Waals surface area contributed by atoms with Crippen LogP contribution in [0.4, 0.5) is 0 Å². The van der Waals surface area contributed by atoms with Crippen molar-refractivity contribution in [1.82, 2.24) is 4.90 Å². The van der Waals surface area contributed by atoms with Gasteiger partial charge in [-0.3, -0.25) is 0 Å². The van der Waals surface area contributed by atoms with E-state index in [2.05, 4.69) is 23.3 Å². The van der Waals surface area contributed by atoms with E-state index < -0.39 is 0 Å². The Labute approximate surface area is 245 Å². The van der Waals surface area contributed by atoms with Gasteiger partial charge in [-0.15, -0.1) is 0 Å². The number of halogens is 1. The maximum atomic E-state index is 6.73. The van der Waals surface area contributed by atoms with Gasteiger partial charge in [0.25, 0.3) is 0 Å². The normalized spacial score (nSPS) is 13.8. The zero-order valence-corrected chi connectivity index (χ0v) is 27.2. The van der Waals surface area contributed by atoms with Crippen LogP contribution in [0.5, 0.6) is 0 Å². The Kier molecular flexibility index (Phi) is 26.6. The fraction of sp³-hybridized carbons (Fsp3) is 0.971. The van der Waals surface area contributed by atoms with Crippen molar-refractivity contribution in [3.05, 3.63) is 0 Å². The summed E-state index contributed by atoms with van der Waals surface area (Å²) in [4.78, 5) is 2.44. The van der Waals surface area contributed by atoms with Crippen LogP contribution in [0.15, 0.2) is 0 Å². The largest absolute Gasteiger partial charge is 0.345 e. The van der Waals surface area contributed by atoms with Crippen LogP contribution >= 0.6 is 11.6 Å². The Hall–Kier alpha value is -0.240. The first kappa shape index (κ1) is 35.8. The lowest BCUT2D eigenvalue weighted by Gasteiger charge is -2.09. The lowest BCUT2D eigenvalue weighted by atomic mass is 10.0. The monoisotopic (exact) mass is 554 g/mol. The zero-order valence-electron chi connectivity index (χ0n) is 26.4. The van der Waals surface area contributed by atoms with E-state index in [4.69, 9.17) is 11.6 Å². The fourth-order valence-electron chi connectivity index (χ4n) is 6.03. The average molecular weight is 554 g/mol. The molecule has 0 saturated heterocycles. The van der Waals surface area contributed by atoms with Crippen LogP contribution in [-0.2, 0) is 0 Å². The van der Waals surface area contributed by atoms with Crippen LogP contribution in [0.3, 0.4) is 0 Å². The van der Waals surface area contributed by atoms with Crippen LogP contribution in [0.1, 0.15) is 194 Å². The third kappa shape index (κ3) is 21.6. The molecule has 0 fully saturated rings. The molecule has 0 unspecified atom stereocenters. The number of unbranched alkanes of at least 4 members (excludes halogenated alkanes) is 26.